The number of hydrogen-bond donors (Lipinski definition) is 2. The van der Waals surface area contributed by atoms with Gasteiger partial charge >= 0.3 is 11.9 Å². The summed E-state index contributed by atoms with van der Waals surface area (Å²) in [6.45, 7) is 0. The first-order valence-electron chi connectivity index (χ1n) is 8.40. The van der Waals surface area contributed by atoms with Gasteiger partial charge in [-0.15, -0.1) is 0 Å². The van der Waals surface area contributed by atoms with Crippen LogP contribution in [-0.2, 0) is 16.0 Å². The molecule has 0 unspecified atom stereocenters. The summed E-state index contributed by atoms with van der Waals surface area (Å²) < 4.78 is 4.62. The molecule has 28 heavy (non-hydrogen) atoms. The highest BCUT2D eigenvalue weighted by Crippen LogP contribution is 2.11. The molecular weight excluding hydrogens is 362 g/mol. The number of amides is 1. The summed E-state index contributed by atoms with van der Waals surface area (Å²) in [6, 6.07) is 11.9. The van der Waals surface area contributed by atoms with Crippen molar-refractivity contribution in [3.05, 3.63) is 71.5 Å². The molecule has 0 spiro atoms. The second-order valence-corrected chi connectivity index (χ2v) is 5.99. The largest absolute Gasteiger partial charge is 0.480 e. The maximum atomic E-state index is 12.5. The molecule has 3 aromatic rings. The standard InChI is InChI=1S/C20H17N3O5/c1-28-20(27)13-6-4-5-12(9-13)18(24)23-17(19(25)26)10-14-11-21-15-7-2-3-8-16(15)22-14/h2-9,11,17H,10H2,1H3,(H,23,24)(H,25,26)/t17-/m0/s1. The number of fused-ring (bicyclic) bond motifs is 1. The van der Waals surface area contributed by atoms with Crippen LogP contribution in [0.25, 0.3) is 11.0 Å². The molecule has 0 saturated heterocycles. The highest BCUT2D eigenvalue weighted by Gasteiger charge is 2.22. The van der Waals surface area contributed by atoms with E-state index in [4.69, 9.17) is 0 Å². The quantitative estimate of drug-likeness (QED) is 0.627. The summed E-state index contributed by atoms with van der Waals surface area (Å²) in [5.74, 6) is -2.41. The molecule has 0 aliphatic carbocycles. The first kappa shape index (κ1) is 19.0. The maximum Gasteiger partial charge on any atom is 0.337 e. The number of aromatic nitrogens is 2. The predicted molar refractivity (Wildman–Crippen MR) is 99.9 cm³/mol. The van der Waals surface area contributed by atoms with Gasteiger partial charge in [-0.1, -0.05) is 18.2 Å². The van der Waals surface area contributed by atoms with Gasteiger partial charge in [0.1, 0.15) is 6.04 Å². The normalized spacial score (nSPS) is 11.6. The number of methoxy groups -OCH3 is 1. The van der Waals surface area contributed by atoms with Crippen molar-refractivity contribution in [1.29, 1.82) is 0 Å². The molecule has 1 aromatic heterocycles. The number of rotatable bonds is 6. The minimum atomic E-state index is -1.20. The molecule has 1 heterocycles. The second kappa shape index (κ2) is 8.26. The lowest BCUT2D eigenvalue weighted by molar-refractivity contribution is -0.139. The van der Waals surface area contributed by atoms with E-state index in [0.717, 1.165) is 0 Å². The summed E-state index contributed by atoms with van der Waals surface area (Å²) in [5.41, 5.74) is 2.12. The molecule has 2 N–H and O–H groups in total. The van der Waals surface area contributed by atoms with Gasteiger partial charge in [0.15, 0.2) is 0 Å². The molecule has 0 radical (unpaired) electrons. The number of para-hydroxylation sites is 2. The van der Waals surface area contributed by atoms with Crippen LogP contribution < -0.4 is 5.32 Å². The van der Waals surface area contributed by atoms with Crippen molar-refractivity contribution in [1.82, 2.24) is 15.3 Å². The Balaban J connectivity index is 1.78. The molecule has 8 nitrogen and oxygen atoms in total. The summed E-state index contributed by atoms with van der Waals surface area (Å²) in [5, 5.41) is 11.9. The number of carbonyl (C=O) groups excluding carboxylic acids is 2. The van der Waals surface area contributed by atoms with E-state index in [1.54, 1.807) is 12.1 Å². The van der Waals surface area contributed by atoms with Crippen LogP contribution in [0.4, 0.5) is 0 Å². The lowest BCUT2D eigenvalue weighted by atomic mass is 10.1. The van der Waals surface area contributed by atoms with Gasteiger partial charge in [0.25, 0.3) is 5.91 Å². The Morgan fingerprint density at radius 3 is 2.50 bits per heavy atom. The number of carboxylic acids is 1. The molecule has 8 heteroatoms. The van der Waals surface area contributed by atoms with Crippen molar-refractivity contribution < 1.29 is 24.2 Å². The van der Waals surface area contributed by atoms with E-state index >= 15 is 0 Å². The summed E-state index contributed by atoms with van der Waals surface area (Å²) in [6.07, 6.45) is 1.46. The zero-order valence-corrected chi connectivity index (χ0v) is 15.0. The van der Waals surface area contributed by atoms with Crippen LogP contribution in [0.15, 0.2) is 54.7 Å². The first-order chi connectivity index (χ1) is 13.5. The van der Waals surface area contributed by atoms with E-state index in [1.807, 2.05) is 12.1 Å². The zero-order chi connectivity index (χ0) is 20.1. The highest BCUT2D eigenvalue weighted by atomic mass is 16.5. The number of esters is 1. The molecule has 0 aliphatic rings. The van der Waals surface area contributed by atoms with Crippen LogP contribution in [0.2, 0.25) is 0 Å². The van der Waals surface area contributed by atoms with E-state index in [2.05, 4.69) is 20.0 Å². The average Bonchev–Trinajstić information content (AvgIpc) is 2.72. The van der Waals surface area contributed by atoms with Gasteiger partial charge in [0.05, 0.1) is 29.4 Å². The number of carboxylic acid groups (broad SMARTS) is 1. The van der Waals surface area contributed by atoms with Gasteiger partial charge in [0, 0.05) is 18.2 Å². The van der Waals surface area contributed by atoms with Gasteiger partial charge in [-0.25, -0.2) is 14.6 Å². The molecule has 0 saturated carbocycles. The number of benzene rings is 2. The van der Waals surface area contributed by atoms with Gasteiger partial charge in [-0.3, -0.25) is 9.78 Å². The van der Waals surface area contributed by atoms with Crippen molar-refractivity contribution in [3.63, 3.8) is 0 Å². The van der Waals surface area contributed by atoms with Crippen LogP contribution in [0.5, 0.6) is 0 Å². The van der Waals surface area contributed by atoms with Gasteiger partial charge < -0.3 is 15.2 Å². The molecule has 0 bridgehead atoms. The number of carbonyl (C=O) groups is 3. The minimum absolute atomic E-state index is 0.0321. The van der Waals surface area contributed by atoms with E-state index in [-0.39, 0.29) is 17.5 Å². The van der Waals surface area contributed by atoms with Crippen LogP contribution >= 0.6 is 0 Å². The van der Waals surface area contributed by atoms with Crippen LogP contribution in [0, 0.1) is 0 Å². The van der Waals surface area contributed by atoms with Crippen LogP contribution in [0.1, 0.15) is 26.4 Å². The predicted octanol–water partition coefficient (Wildman–Crippen LogP) is 1.84. The van der Waals surface area contributed by atoms with E-state index in [9.17, 15) is 19.5 Å². The Kier molecular flexibility index (Phi) is 5.59. The molecule has 0 aliphatic heterocycles. The van der Waals surface area contributed by atoms with Gasteiger partial charge in [0.2, 0.25) is 0 Å². The lowest BCUT2D eigenvalue weighted by Gasteiger charge is -2.14. The molecule has 1 atom stereocenters. The third kappa shape index (κ3) is 4.29. The van der Waals surface area contributed by atoms with Gasteiger partial charge in [-0.05, 0) is 30.3 Å². The first-order valence-corrected chi connectivity index (χ1v) is 8.40. The molecule has 142 valence electrons. The fraction of sp³-hybridized carbons (Fsp3) is 0.150. The third-order valence-electron chi connectivity index (χ3n) is 4.06. The Morgan fingerprint density at radius 2 is 1.79 bits per heavy atom. The Bertz CT molecular complexity index is 1050. The van der Waals surface area contributed by atoms with E-state index < -0.39 is 23.9 Å². The minimum Gasteiger partial charge on any atom is -0.480 e. The molecule has 2 aromatic carbocycles. The van der Waals surface area contributed by atoms with Crippen LogP contribution in [0.3, 0.4) is 0 Å². The molecular formula is C20H17N3O5. The number of hydrogen-bond acceptors (Lipinski definition) is 6. The lowest BCUT2D eigenvalue weighted by Crippen LogP contribution is -2.42. The fourth-order valence-corrected chi connectivity index (χ4v) is 2.65. The van der Waals surface area contributed by atoms with Crippen molar-refractivity contribution in [3.8, 4) is 0 Å². The topological polar surface area (TPSA) is 118 Å². The monoisotopic (exact) mass is 379 g/mol. The Labute approximate surface area is 160 Å². The number of aliphatic carboxylic acids is 1. The summed E-state index contributed by atoms with van der Waals surface area (Å²) >= 11 is 0. The van der Waals surface area contributed by atoms with Crippen molar-refractivity contribution in [2.75, 3.05) is 7.11 Å². The van der Waals surface area contributed by atoms with Crippen molar-refractivity contribution in [2.45, 2.75) is 12.5 Å². The average molecular weight is 379 g/mol. The van der Waals surface area contributed by atoms with Crippen molar-refractivity contribution >= 4 is 28.9 Å². The van der Waals surface area contributed by atoms with Crippen molar-refractivity contribution in [2.24, 2.45) is 0 Å². The number of ether oxygens (including phenoxy) is 1. The van der Waals surface area contributed by atoms with Crippen LogP contribution in [-0.4, -0.2) is 46.1 Å². The fourth-order valence-electron chi connectivity index (χ4n) is 2.65. The third-order valence-corrected chi connectivity index (χ3v) is 4.06. The Hall–Kier alpha value is -3.81. The molecule has 0 fully saturated rings. The summed E-state index contributed by atoms with van der Waals surface area (Å²) in [7, 11) is 1.24. The van der Waals surface area contributed by atoms with E-state index in [1.165, 1.54) is 37.6 Å². The summed E-state index contributed by atoms with van der Waals surface area (Å²) in [4.78, 5) is 44.3. The highest BCUT2D eigenvalue weighted by molar-refractivity contribution is 5.99. The molecule has 3 rings (SSSR count). The number of nitrogens with zero attached hydrogens (tertiary/aromatic N) is 2. The SMILES string of the molecule is COC(=O)c1cccc(C(=O)N[C@@H](Cc2cnc3ccccc3n2)C(=O)O)c1. The number of nitrogens with one attached hydrogen (secondary N) is 1. The van der Waals surface area contributed by atoms with E-state index in [0.29, 0.717) is 16.7 Å². The van der Waals surface area contributed by atoms with Gasteiger partial charge in [-0.2, -0.15) is 0 Å². The zero-order valence-electron chi connectivity index (χ0n) is 15.0. The Morgan fingerprint density at radius 1 is 1.07 bits per heavy atom. The smallest absolute Gasteiger partial charge is 0.337 e. The molecule has 1 amide bonds. The maximum absolute atomic E-state index is 12.5. The second-order valence-electron chi connectivity index (χ2n) is 5.99.